The van der Waals surface area contributed by atoms with Crippen molar-refractivity contribution in [2.24, 2.45) is 11.8 Å². The van der Waals surface area contributed by atoms with Crippen LogP contribution in [0.2, 0.25) is 0 Å². The number of aryl methyl sites for hydroxylation is 1. The van der Waals surface area contributed by atoms with Crippen LogP contribution < -0.4 is 5.32 Å². The SMILES string of the molecule is CCC1CCCCN1C(=O)C1CCC(C(=O)Nc2cccc(C)c2)CC1. The molecule has 1 atom stereocenters. The van der Waals surface area contributed by atoms with E-state index in [9.17, 15) is 9.59 Å². The molecule has 1 aliphatic carbocycles. The summed E-state index contributed by atoms with van der Waals surface area (Å²) in [7, 11) is 0. The van der Waals surface area contributed by atoms with Crippen LogP contribution in [0, 0.1) is 18.8 Å². The van der Waals surface area contributed by atoms with Crippen molar-refractivity contribution < 1.29 is 9.59 Å². The first-order valence-corrected chi connectivity index (χ1v) is 10.3. The zero-order valence-electron chi connectivity index (χ0n) is 16.2. The molecule has 4 nitrogen and oxygen atoms in total. The highest BCUT2D eigenvalue weighted by molar-refractivity contribution is 5.92. The van der Waals surface area contributed by atoms with Gasteiger partial charge in [0.2, 0.25) is 11.8 Å². The lowest BCUT2D eigenvalue weighted by Gasteiger charge is -2.39. The molecule has 1 aromatic rings. The Kier molecular flexibility index (Phi) is 6.33. The molecular formula is C22H32N2O2. The molecule has 142 valence electrons. The number of hydrogen-bond donors (Lipinski definition) is 1. The summed E-state index contributed by atoms with van der Waals surface area (Å²) in [5.41, 5.74) is 2.01. The third kappa shape index (κ3) is 4.46. The Morgan fingerprint density at radius 2 is 1.81 bits per heavy atom. The molecule has 0 aromatic heterocycles. The van der Waals surface area contributed by atoms with Gasteiger partial charge in [0.15, 0.2) is 0 Å². The summed E-state index contributed by atoms with van der Waals surface area (Å²) in [5, 5.41) is 3.04. The van der Waals surface area contributed by atoms with E-state index in [1.54, 1.807) is 0 Å². The highest BCUT2D eigenvalue weighted by Crippen LogP contribution is 2.33. The van der Waals surface area contributed by atoms with Crippen molar-refractivity contribution in [1.82, 2.24) is 4.90 Å². The molecule has 1 unspecified atom stereocenters. The van der Waals surface area contributed by atoms with Crippen LogP contribution in [0.25, 0.3) is 0 Å². The van der Waals surface area contributed by atoms with Gasteiger partial charge in [-0.2, -0.15) is 0 Å². The number of amides is 2. The largest absolute Gasteiger partial charge is 0.339 e. The van der Waals surface area contributed by atoms with Crippen molar-refractivity contribution in [3.63, 3.8) is 0 Å². The maximum absolute atomic E-state index is 13.0. The first-order chi connectivity index (χ1) is 12.6. The molecular weight excluding hydrogens is 324 g/mol. The predicted molar refractivity (Wildman–Crippen MR) is 105 cm³/mol. The number of nitrogens with zero attached hydrogens (tertiary/aromatic N) is 1. The van der Waals surface area contributed by atoms with Crippen molar-refractivity contribution in [2.45, 2.75) is 71.3 Å². The zero-order valence-corrected chi connectivity index (χ0v) is 16.2. The molecule has 1 saturated heterocycles. The Balaban J connectivity index is 1.52. The van der Waals surface area contributed by atoms with Gasteiger partial charge in [0.1, 0.15) is 0 Å². The average molecular weight is 357 g/mol. The van der Waals surface area contributed by atoms with Crippen molar-refractivity contribution >= 4 is 17.5 Å². The Morgan fingerprint density at radius 1 is 1.08 bits per heavy atom. The van der Waals surface area contributed by atoms with Crippen LogP contribution >= 0.6 is 0 Å². The summed E-state index contributed by atoms with van der Waals surface area (Å²) < 4.78 is 0. The minimum Gasteiger partial charge on any atom is -0.339 e. The molecule has 2 amide bonds. The number of hydrogen-bond acceptors (Lipinski definition) is 2. The molecule has 3 rings (SSSR count). The van der Waals surface area contributed by atoms with Gasteiger partial charge in [0.25, 0.3) is 0 Å². The number of likely N-dealkylation sites (tertiary alicyclic amines) is 1. The van der Waals surface area contributed by atoms with Crippen LogP contribution in [-0.4, -0.2) is 29.3 Å². The third-order valence-electron chi connectivity index (χ3n) is 6.11. The van der Waals surface area contributed by atoms with Crippen molar-refractivity contribution in [1.29, 1.82) is 0 Å². The van der Waals surface area contributed by atoms with Gasteiger partial charge >= 0.3 is 0 Å². The van der Waals surface area contributed by atoms with E-state index < -0.39 is 0 Å². The van der Waals surface area contributed by atoms with E-state index >= 15 is 0 Å². The highest BCUT2D eigenvalue weighted by atomic mass is 16.2. The number of nitrogens with one attached hydrogen (secondary N) is 1. The standard InChI is InChI=1S/C22H32N2O2/c1-3-20-9-4-5-14-24(20)22(26)18-12-10-17(11-13-18)21(25)23-19-8-6-7-16(2)15-19/h6-8,15,17-18,20H,3-5,9-14H2,1-2H3,(H,23,25). The van der Waals surface area contributed by atoms with Crippen molar-refractivity contribution in [3.05, 3.63) is 29.8 Å². The van der Waals surface area contributed by atoms with E-state index in [1.807, 2.05) is 31.2 Å². The van der Waals surface area contributed by atoms with E-state index in [0.29, 0.717) is 11.9 Å². The number of piperidine rings is 1. The minimum atomic E-state index is 0.0305. The summed E-state index contributed by atoms with van der Waals surface area (Å²) in [5.74, 6) is 0.591. The second-order valence-corrected chi connectivity index (χ2v) is 8.00. The quantitative estimate of drug-likeness (QED) is 0.861. The van der Waals surface area contributed by atoms with E-state index in [4.69, 9.17) is 0 Å². The molecule has 1 heterocycles. The maximum Gasteiger partial charge on any atom is 0.227 e. The number of carbonyl (C=O) groups excluding carboxylic acids is 2. The molecule has 1 aliphatic heterocycles. The van der Waals surface area contributed by atoms with Gasteiger partial charge in [-0.1, -0.05) is 19.1 Å². The van der Waals surface area contributed by atoms with Crippen LogP contribution in [0.15, 0.2) is 24.3 Å². The molecule has 1 N–H and O–H groups in total. The smallest absolute Gasteiger partial charge is 0.227 e. The summed E-state index contributed by atoms with van der Waals surface area (Å²) in [4.78, 5) is 27.6. The Bertz CT molecular complexity index is 635. The summed E-state index contributed by atoms with van der Waals surface area (Å²) in [6, 6.07) is 8.34. The van der Waals surface area contributed by atoms with Crippen LogP contribution in [-0.2, 0) is 9.59 Å². The fraction of sp³-hybridized carbons (Fsp3) is 0.636. The van der Waals surface area contributed by atoms with E-state index in [0.717, 1.165) is 62.7 Å². The van der Waals surface area contributed by atoms with Gasteiger partial charge in [-0.25, -0.2) is 0 Å². The van der Waals surface area contributed by atoms with Crippen molar-refractivity contribution in [3.8, 4) is 0 Å². The minimum absolute atomic E-state index is 0.0305. The van der Waals surface area contributed by atoms with Gasteiger partial charge in [0, 0.05) is 30.1 Å². The highest BCUT2D eigenvalue weighted by Gasteiger charge is 2.34. The molecule has 2 fully saturated rings. The van der Waals surface area contributed by atoms with E-state index in [2.05, 4.69) is 17.1 Å². The molecule has 26 heavy (non-hydrogen) atoms. The molecule has 2 aliphatic rings. The fourth-order valence-electron chi connectivity index (χ4n) is 4.52. The van der Waals surface area contributed by atoms with Crippen LogP contribution in [0.5, 0.6) is 0 Å². The summed E-state index contributed by atoms with van der Waals surface area (Å²) in [6.07, 6.45) is 7.91. The maximum atomic E-state index is 13.0. The van der Waals surface area contributed by atoms with Crippen molar-refractivity contribution in [2.75, 3.05) is 11.9 Å². The van der Waals surface area contributed by atoms with Crippen LogP contribution in [0.4, 0.5) is 5.69 Å². The van der Waals surface area contributed by atoms with E-state index in [1.165, 1.54) is 6.42 Å². The predicted octanol–water partition coefficient (Wildman–Crippen LogP) is 4.53. The number of anilines is 1. The zero-order chi connectivity index (χ0) is 18.5. The van der Waals surface area contributed by atoms with Gasteiger partial charge in [-0.15, -0.1) is 0 Å². The van der Waals surface area contributed by atoms with Gasteiger partial charge in [-0.3, -0.25) is 9.59 Å². The Morgan fingerprint density at radius 3 is 2.50 bits per heavy atom. The van der Waals surface area contributed by atoms with Gasteiger partial charge in [-0.05, 0) is 76.0 Å². The second-order valence-electron chi connectivity index (χ2n) is 8.00. The first kappa shape index (κ1) is 18.9. The summed E-state index contributed by atoms with van der Waals surface area (Å²) in [6.45, 7) is 5.13. The molecule has 1 saturated carbocycles. The molecule has 1 aromatic carbocycles. The molecule has 0 bridgehead atoms. The van der Waals surface area contributed by atoms with Crippen LogP contribution in [0.3, 0.4) is 0 Å². The molecule has 0 radical (unpaired) electrons. The number of carbonyl (C=O) groups is 2. The van der Waals surface area contributed by atoms with Gasteiger partial charge in [0.05, 0.1) is 0 Å². The Labute approximate surface area is 157 Å². The van der Waals surface area contributed by atoms with Gasteiger partial charge < -0.3 is 10.2 Å². The fourth-order valence-corrected chi connectivity index (χ4v) is 4.52. The normalized spacial score (nSPS) is 26.4. The summed E-state index contributed by atoms with van der Waals surface area (Å²) >= 11 is 0. The monoisotopic (exact) mass is 356 g/mol. The molecule has 0 spiro atoms. The van der Waals surface area contributed by atoms with E-state index in [-0.39, 0.29) is 17.7 Å². The lowest BCUT2D eigenvalue weighted by Crippen LogP contribution is -2.47. The average Bonchev–Trinajstić information content (AvgIpc) is 2.67. The topological polar surface area (TPSA) is 49.4 Å². The lowest BCUT2D eigenvalue weighted by atomic mass is 9.80. The number of rotatable bonds is 4. The van der Waals surface area contributed by atoms with Crippen LogP contribution in [0.1, 0.15) is 63.9 Å². The number of benzene rings is 1. The Hall–Kier alpha value is -1.84. The second kappa shape index (κ2) is 8.70. The third-order valence-corrected chi connectivity index (χ3v) is 6.11. The lowest BCUT2D eigenvalue weighted by molar-refractivity contribution is -0.141. The first-order valence-electron chi connectivity index (χ1n) is 10.3. The molecule has 4 heteroatoms.